The lowest BCUT2D eigenvalue weighted by Crippen LogP contribution is -2.21. The van der Waals surface area contributed by atoms with E-state index in [-0.39, 0.29) is 12.1 Å². The van der Waals surface area contributed by atoms with Gasteiger partial charge in [0.25, 0.3) is 0 Å². The van der Waals surface area contributed by atoms with Crippen LogP contribution in [-0.2, 0) is 14.3 Å². The van der Waals surface area contributed by atoms with Crippen molar-refractivity contribution in [2.45, 2.75) is 38.2 Å². The lowest BCUT2D eigenvalue weighted by molar-refractivity contribution is -0.135. The first-order valence-electron chi connectivity index (χ1n) is 7.19. The highest BCUT2D eigenvalue weighted by molar-refractivity contribution is 5.89. The van der Waals surface area contributed by atoms with Crippen LogP contribution in [0.4, 0.5) is 0 Å². The van der Waals surface area contributed by atoms with Gasteiger partial charge in [-0.2, -0.15) is 0 Å². The molecule has 1 aromatic carbocycles. The summed E-state index contributed by atoms with van der Waals surface area (Å²) in [6.07, 6.45) is 4.49. The second kappa shape index (κ2) is 7.78. The van der Waals surface area contributed by atoms with Crippen LogP contribution < -0.4 is 4.74 Å². The SMILES string of the molecule is COC(=O)c1ccc(OC(=O)CCC2CCCCO2)cc1. The van der Waals surface area contributed by atoms with Gasteiger partial charge in [0.05, 0.1) is 18.8 Å². The fraction of sp³-hybridized carbons (Fsp3) is 0.500. The highest BCUT2D eigenvalue weighted by Gasteiger charge is 2.16. The molecule has 114 valence electrons. The summed E-state index contributed by atoms with van der Waals surface area (Å²) in [5.74, 6) is -0.269. The lowest BCUT2D eigenvalue weighted by atomic mass is 10.0. The Morgan fingerprint density at radius 2 is 2.00 bits per heavy atom. The molecule has 1 saturated heterocycles. The maximum Gasteiger partial charge on any atom is 0.337 e. The first-order chi connectivity index (χ1) is 10.2. The largest absolute Gasteiger partial charge is 0.465 e. The van der Waals surface area contributed by atoms with Gasteiger partial charge in [0.15, 0.2) is 0 Å². The Hall–Kier alpha value is -1.88. The van der Waals surface area contributed by atoms with E-state index < -0.39 is 5.97 Å². The summed E-state index contributed by atoms with van der Waals surface area (Å²) in [5, 5.41) is 0. The van der Waals surface area contributed by atoms with Crippen LogP contribution in [0.5, 0.6) is 5.75 Å². The second-order valence-electron chi connectivity index (χ2n) is 5.02. The molecule has 1 atom stereocenters. The van der Waals surface area contributed by atoms with Crippen LogP contribution in [0.25, 0.3) is 0 Å². The minimum Gasteiger partial charge on any atom is -0.465 e. The summed E-state index contributed by atoms with van der Waals surface area (Å²) in [6.45, 7) is 0.786. The van der Waals surface area contributed by atoms with Crippen molar-refractivity contribution >= 4 is 11.9 Å². The van der Waals surface area contributed by atoms with Crippen molar-refractivity contribution in [2.24, 2.45) is 0 Å². The molecule has 0 aliphatic carbocycles. The maximum atomic E-state index is 11.8. The number of hydrogen-bond donors (Lipinski definition) is 0. The van der Waals surface area contributed by atoms with Crippen molar-refractivity contribution in [1.29, 1.82) is 0 Å². The molecule has 5 heteroatoms. The van der Waals surface area contributed by atoms with Gasteiger partial charge in [-0.15, -0.1) is 0 Å². The summed E-state index contributed by atoms with van der Waals surface area (Å²) in [5.41, 5.74) is 0.424. The number of hydrogen-bond acceptors (Lipinski definition) is 5. The summed E-state index contributed by atoms with van der Waals surface area (Å²) >= 11 is 0. The minimum atomic E-state index is -0.415. The predicted octanol–water partition coefficient (Wildman–Crippen LogP) is 2.73. The molecule has 0 bridgehead atoms. The Balaban J connectivity index is 1.77. The number of rotatable bonds is 5. The number of carbonyl (C=O) groups is 2. The van der Waals surface area contributed by atoms with Crippen molar-refractivity contribution in [3.05, 3.63) is 29.8 Å². The van der Waals surface area contributed by atoms with E-state index in [0.717, 1.165) is 25.9 Å². The monoisotopic (exact) mass is 292 g/mol. The fourth-order valence-electron chi connectivity index (χ4n) is 2.27. The van der Waals surface area contributed by atoms with Crippen molar-refractivity contribution < 1.29 is 23.8 Å². The number of ether oxygens (including phenoxy) is 3. The highest BCUT2D eigenvalue weighted by Crippen LogP contribution is 2.18. The Morgan fingerprint density at radius 3 is 2.62 bits per heavy atom. The molecule has 1 aliphatic rings. The van der Waals surface area contributed by atoms with E-state index in [1.54, 1.807) is 24.3 Å². The molecular weight excluding hydrogens is 272 g/mol. The standard InChI is InChI=1S/C16H20O5/c1-19-16(18)12-5-7-14(8-6-12)21-15(17)10-9-13-4-2-3-11-20-13/h5-8,13H,2-4,9-11H2,1H3. The van der Waals surface area contributed by atoms with Gasteiger partial charge in [-0.1, -0.05) is 0 Å². The topological polar surface area (TPSA) is 61.8 Å². The smallest absolute Gasteiger partial charge is 0.337 e. The molecule has 1 unspecified atom stereocenters. The molecule has 1 heterocycles. The zero-order valence-corrected chi connectivity index (χ0v) is 12.2. The van der Waals surface area contributed by atoms with E-state index in [0.29, 0.717) is 24.2 Å². The van der Waals surface area contributed by atoms with Crippen molar-refractivity contribution in [2.75, 3.05) is 13.7 Å². The molecule has 0 amide bonds. The third kappa shape index (κ3) is 4.86. The third-order valence-corrected chi connectivity index (χ3v) is 3.45. The van der Waals surface area contributed by atoms with E-state index >= 15 is 0 Å². The molecule has 0 radical (unpaired) electrons. The van der Waals surface area contributed by atoms with Crippen LogP contribution in [0.3, 0.4) is 0 Å². The molecule has 2 rings (SSSR count). The average Bonchev–Trinajstić information content (AvgIpc) is 2.54. The molecule has 0 saturated carbocycles. The lowest BCUT2D eigenvalue weighted by Gasteiger charge is -2.21. The van der Waals surface area contributed by atoms with Crippen LogP contribution in [-0.4, -0.2) is 31.8 Å². The molecular formula is C16H20O5. The predicted molar refractivity (Wildman–Crippen MR) is 76.2 cm³/mol. The molecule has 0 aromatic heterocycles. The number of benzene rings is 1. The quantitative estimate of drug-likeness (QED) is 0.617. The Bertz CT molecular complexity index is 474. The highest BCUT2D eigenvalue weighted by atomic mass is 16.5. The second-order valence-corrected chi connectivity index (χ2v) is 5.02. The van der Waals surface area contributed by atoms with Crippen molar-refractivity contribution in [3.8, 4) is 5.75 Å². The molecule has 0 N–H and O–H groups in total. The van der Waals surface area contributed by atoms with E-state index in [1.165, 1.54) is 7.11 Å². The van der Waals surface area contributed by atoms with Gasteiger partial charge in [-0.3, -0.25) is 4.79 Å². The summed E-state index contributed by atoms with van der Waals surface area (Å²) in [4.78, 5) is 23.0. The number of esters is 2. The van der Waals surface area contributed by atoms with Crippen LogP contribution >= 0.6 is 0 Å². The van der Waals surface area contributed by atoms with Crippen LogP contribution in [0, 0.1) is 0 Å². The first-order valence-corrected chi connectivity index (χ1v) is 7.19. The van der Waals surface area contributed by atoms with Crippen LogP contribution in [0.2, 0.25) is 0 Å². The van der Waals surface area contributed by atoms with Gasteiger partial charge in [0.2, 0.25) is 0 Å². The minimum absolute atomic E-state index is 0.174. The molecule has 1 aromatic rings. The van der Waals surface area contributed by atoms with Gasteiger partial charge in [0, 0.05) is 13.0 Å². The van der Waals surface area contributed by atoms with Gasteiger partial charge in [-0.25, -0.2) is 4.79 Å². The van der Waals surface area contributed by atoms with E-state index in [4.69, 9.17) is 9.47 Å². The zero-order chi connectivity index (χ0) is 15.1. The van der Waals surface area contributed by atoms with Gasteiger partial charge >= 0.3 is 11.9 Å². The first kappa shape index (κ1) is 15.5. The third-order valence-electron chi connectivity index (χ3n) is 3.45. The molecule has 21 heavy (non-hydrogen) atoms. The van der Waals surface area contributed by atoms with E-state index in [9.17, 15) is 9.59 Å². The van der Waals surface area contributed by atoms with E-state index in [2.05, 4.69) is 4.74 Å². The van der Waals surface area contributed by atoms with Crippen molar-refractivity contribution in [3.63, 3.8) is 0 Å². The molecule has 1 fully saturated rings. The summed E-state index contributed by atoms with van der Waals surface area (Å²) in [7, 11) is 1.32. The van der Waals surface area contributed by atoms with Crippen LogP contribution in [0.15, 0.2) is 24.3 Å². The van der Waals surface area contributed by atoms with Crippen LogP contribution in [0.1, 0.15) is 42.5 Å². The Morgan fingerprint density at radius 1 is 1.24 bits per heavy atom. The fourth-order valence-corrected chi connectivity index (χ4v) is 2.27. The van der Waals surface area contributed by atoms with Gasteiger partial charge < -0.3 is 14.2 Å². The molecule has 5 nitrogen and oxygen atoms in total. The van der Waals surface area contributed by atoms with Gasteiger partial charge in [-0.05, 0) is 49.9 Å². The Kier molecular flexibility index (Phi) is 5.75. The number of methoxy groups -OCH3 is 1. The number of carbonyl (C=O) groups excluding carboxylic acids is 2. The zero-order valence-electron chi connectivity index (χ0n) is 12.2. The van der Waals surface area contributed by atoms with Gasteiger partial charge in [0.1, 0.15) is 5.75 Å². The summed E-state index contributed by atoms with van der Waals surface area (Å²) in [6, 6.07) is 6.31. The molecule has 0 spiro atoms. The molecule has 1 aliphatic heterocycles. The Labute approximate surface area is 124 Å². The van der Waals surface area contributed by atoms with Crippen molar-refractivity contribution in [1.82, 2.24) is 0 Å². The maximum absolute atomic E-state index is 11.8. The summed E-state index contributed by atoms with van der Waals surface area (Å²) < 4.78 is 15.4. The average molecular weight is 292 g/mol. The van der Waals surface area contributed by atoms with E-state index in [1.807, 2.05) is 0 Å². The normalized spacial score (nSPS) is 18.0.